The minimum Gasteiger partial charge on any atom is -0.486 e. The van der Waals surface area contributed by atoms with E-state index < -0.39 is 0 Å². The largest absolute Gasteiger partial charge is 0.486 e. The van der Waals surface area contributed by atoms with Crippen molar-refractivity contribution in [3.63, 3.8) is 0 Å². The number of carbonyl (C=O) groups excluding carboxylic acids is 1. The summed E-state index contributed by atoms with van der Waals surface area (Å²) in [4.78, 5) is 29.0. The molecule has 0 radical (unpaired) electrons. The summed E-state index contributed by atoms with van der Waals surface area (Å²) in [6.45, 7) is 1.12. The van der Waals surface area contributed by atoms with Crippen LogP contribution in [-0.2, 0) is 11.3 Å². The van der Waals surface area contributed by atoms with Crippen LogP contribution in [0.15, 0.2) is 47.5 Å². The molecule has 1 N–H and O–H groups in total. The molecular weight excluding hydrogens is 370 g/mol. The minimum atomic E-state index is -0.270. The monoisotopic (exact) mass is 385 g/mol. The molecule has 0 saturated carbocycles. The van der Waals surface area contributed by atoms with E-state index in [0.29, 0.717) is 46.3 Å². The lowest BCUT2D eigenvalue weighted by atomic mass is 10.2. The lowest BCUT2D eigenvalue weighted by Crippen LogP contribution is -2.23. The molecule has 2 heterocycles. The number of nitrogens with one attached hydrogen (secondary N) is 1. The van der Waals surface area contributed by atoms with Gasteiger partial charge in [-0.15, -0.1) is 0 Å². The summed E-state index contributed by atoms with van der Waals surface area (Å²) in [7, 11) is 0. The zero-order valence-electron chi connectivity index (χ0n) is 14.3. The van der Waals surface area contributed by atoms with Crippen LogP contribution in [0.2, 0.25) is 5.02 Å². The van der Waals surface area contributed by atoms with E-state index in [1.54, 1.807) is 30.3 Å². The molecule has 4 rings (SSSR count). The summed E-state index contributed by atoms with van der Waals surface area (Å²) in [5.41, 5.74) is 0.895. The van der Waals surface area contributed by atoms with Crippen LogP contribution in [0.25, 0.3) is 10.9 Å². The van der Waals surface area contributed by atoms with E-state index in [1.165, 1.54) is 10.9 Å². The number of amides is 1. The second kappa shape index (κ2) is 7.28. The van der Waals surface area contributed by atoms with E-state index in [9.17, 15) is 9.59 Å². The average molecular weight is 386 g/mol. The van der Waals surface area contributed by atoms with Crippen molar-refractivity contribution in [2.24, 2.45) is 0 Å². The number of fused-ring (bicyclic) bond motifs is 2. The Labute approximate surface area is 159 Å². The summed E-state index contributed by atoms with van der Waals surface area (Å²) in [5.74, 6) is 0.822. The molecular formula is C19H16ClN3O4. The number of para-hydroxylation sites is 1. The Morgan fingerprint density at radius 3 is 2.74 bits per heavy atom. The predicted molar refractivity (Wildman–Crippen MR) is 102 cm³/mol. The van der Waals surface area contributed by atoms with Crippen molar-refractivity contribution < 1.29 is 14.3 Å². The van der Waals surface area contributed by atoms with Gasteiger partial charge in [-0.05, 0) is 12.1 Å². The van der Waals surface area contributed by atoms with E-state index >= 15 is 0 Å². The van der Waals surface area contributed by atoms with Gasteiger partial charge >= 0.3 is 0 Å². The van der Waals surface area contributed by atoms with Crippen molar-refractivity contribution in [3.05, 3.63) is 58.1 Å². The maximum absolute atomic E-state index is 12.5. The molecule has 3 aromatic rings. The highest BCUT2D eigenvalue weighted by Crippen LogP contribution is 2.37. The molecule has 8 heteroatoms. The summed E-state index contributed by atoms with van der Waals surface area (Å²) in [6.07, 6.45) is 1.56. The molecule has 0 bridgehead atoms. The van der Waals surface area contributed by atoms with Crippen LogP contribution < -0.4 is 20.3 Å². The van der Waals surface area contributed by atoms with Crippen LogP contribution in [0.1, 0.15) is 6.42 Å². The van der Waals surface area contributed by atoms with Gasteiger partial charge in [-0.2, -0.15) is 0 Å². The highest BCUT2D eigenvalue weighted by Gasteiger charge is 2.16. The number of anilines is 1. The molecule has 1 aliphatic heterocycles. The number of benzene rings is 2. The Hall–Kier alpha value is -3.06. The van der Waals surface area contributed by atoms with E-state index in [4.69, 9.17) is 21.1 Å². The number of ether oxygens (including phenoxy) is 2. The minimum absolute atomic E-state index is 0.102. The second-order valence-electron chi connectivity index (χ2n) is 6.03. The van der Waals surface area contributed by atoms with Gasteiger partial charge in [0.15, 0.2) is 11.5 Å². The Morgan fingerprint density at radius 2 is 1.93 bits per heavy atom. The summed E-state index contributed by atoms with van der Waals surface area (Å²) in [5, 5.41) is 3.63. The normalized spacial score (nSPS) is 12.8. The Balaban J connectivity index is 1.46. The first-order valence-electron chi connectivity index (χ1n) is 8.45. The first kappa shape index (κ1) is 17.4. The quantitative estimate of drug-likeness (QED) is 0.746. The highest BCUT2D eigenvalue weighted by atomic mass is 35.5. The second-order valence-corrected chi connectivity index (χ2v) is 6.44. The van der Waals surface area contributed by atoms with Crippen molar-refractivity contribution in [2.75, 3.05) is 18.5 Å². The molecule has 0 spiro atoms. The molecule has 0 atom stereocenters. The molecule has 1 amide bonds. The van der Waals surface area contributed by atoms with Crippen molar-refractivity contribution in [2.45, 2.75) is 13.0 Å². The molecule has 0 saturated heterocycles. The van der Waals surface area contributed by atoms with Crippen molar-refractivity contribution in [3.8, 4) is 11.5 Å². The fraction of sp³-hybridized carbons (Fsp3) is 0.211. The number of nitrogens with zero attached hydrogens (tertiary/aromatic N) is 2. The zero-order chi connectivity index (χ0) is 18.8. The summed E-state index contributed by atoms with van der Waals surface area (Å²) >= 11 is 6.20. The fourth-order valence-electron chi connectivity index (χ4n) is 2.86. The molecule has 138 valence electrons. The number of hydrogen-bond acceptors (Lipinski definition) is 5. The van der Waals surface area contributed by atoms with E-state index in [-0.39, 0.29) is 24.4 Å². The molecule has 7 nitrogen and oxygen atoms in total. The van der Waals surface area contributed by atoms with Gasteiger partial charge in [0.25, 0.3) is 5.56 Å². The molecule has 0 unspecified atom stereocenters. The molecule has 27 heavy (non-hydrogen) atoms. The van der Waals surface area contributed by atoms with Crippen LogP contribution in [0.5, 0.6) is 11.5 Å². The molecule has 0 fully saturated rings. The Kier molecular flexibility index (Phi) is 4.68. The van der Waals surface area contributed by atoms with Gasteiger partial charge in [-0.1, -0.05) is 23.7 Å². The third kappa shape index (κ3) is 3.59. The topological polar surface area (TPSA) is 82.5 Å². The van der Waals surface area contributed by atoms with Crippen LogP contribution in [0.3, 0.4) is 0 Å². The van der Waals surface area contributed by atoms with Crippen molar-refractivity contribution >= 4 is 34.1 Å². The van der Waals surface area contributed by atoms with Gasteiger partial charge in [0, 0.05) is 25.1 Å². The van der Waals surface area contributed by atoms with Crippen molar-refractivity contribution in [1.82, 2.24) is 9.55 Å². The molecule has 1 aromatic heterocycles. The number of carbonyl (C=O) groups is 1. The van der Waals surface area contributed by atoms with Crippen LogP contribution >= 0.6 is 11.6 Å². The average Bonchev–Trinajstić information content (AvgIpc) is 2.68. The van der Waals surface area contributed by atoms with Gasteiger partial charge in [0.1, 0.15) is 13.2 Å². The SMILES string of the molecule is O=C(CCn1cnc2ccccc2c1=O)Nc1cc2c(cc1Cl)OCCO2. The number of aryl methyl sites for hydroxylation is 1. The summed E-state index contributed by atoms with van der Waals surface area (Å²) < 4.78 is 12.4. The third-order valence-corrected chi connectivity index (χ3v) is 4.53. The summed E-state index contributed by atoms with van der Waals surface area (Å²) in [6, 6.07) is 10.4. The standard InChI is InChI=1S/C19H16ClN3O4/c20-13-9-16-17(27-8-7-26-16)10-15(13)22-18(24)5-6-23-11-21-14-4-2-1-3-12(14)19(23)25/h1-4,9-11H,5-8H2,(H,22,24). The maximum Gasteiger partial charge on any atom is 0.261 e. The lowest BCUT2D eigenvalue weighted by molar-refractivity contribution is -0.116. The first-order valence-corrected chi connectivity index (χ1v) is 8.83. The third-order valence-electron chi connectivity index (χ3n) is 4.22. The number of halogens is 1. The van der Waals surface area contributed by atoms with Gasteiger partial charge in [-0.25, -0.2) is 4.98 Å². The van der Waals surface area contributed by atoms with Gasteiger partial charge in [-0.3, -0.25) is 14.2 Å². The van der Waals surface area contributed by atoms with Gasteiger partial charge < -0.3 is 14.8 Å². The first-order chi connectivity index (χ1) is 13.1. The van der Waals surface area contributed by atoms with Gasteiger partial charge in [0.2, 0.25) is 5.91 Å². The predicted octanol–water partition coefficient (Wildman–Crippen LogP) is 2.85. The zero-order valence-corrected chi connectivity index (χ0v) is 15.0. The number of hydrogen-bond donors (Lipinski definition) is 1. The van der Waals surface area contributed by atoms with Gasteiger partial charge in [0.05, 0.1) is 27.9 Å². The molecule has 0 aliphatic carbocycles. The fourth-order valence-corrected chi connectivity index (χ4v) is 3.06. The molecule has 1 aliphatic rings. The highest BCUT2D eigenvalue weighted by molar-refractivity contribution is 6.34. The number of aromatic nitrogens is 2. The Bertz CT molecular complexity index is 1080. The smallest absolute Gasteiger partial charge is 0.261 e. The number of rotatable bonds is 4. The van der Waals surface area contributed by atoms with Crippen LogP contribution in [-0.4, -0.2) is 28.7 Å². The van der Waals surface area contributed by atoms with Crippen molar-refractivity contribution in [1.29, 1.82) is 0 Å². The van der Waals surface area contributed by atoms with E-state index in [2.05, 4.69) is 10.3 Å². The lowest BCUT2D eigenvalue weighted by Gasteiger charge is -2.20. The molecule has 2 aromatic carbocycles. The maximum atomic E-state index is 12.5. The van der Waals surface area contributed by atoms with E-state index in [0.717, 1.165) is 0 Å². The van der Waals surface area contributed by atoms with E-state index in [1.807, 2.05) is 6.07 Å². The van der Waals surface area contributed by atoms with Crippen LogP contribution in [0, 0.1) is 0 Å². The van der Waals surface area contributed by atoms with Crippen LogP contribution in [0.4, 0.5) is 5.69 Å². The Morgan fingerprint density at radius 1 is 1.19 bits per heavy atom.